The highest BCUT2D eigenvalue weighted by atomic mass is 16.5. The summed E-state index contributed by atoms with van der Waals surface area (Å²) in [5.41, 5.74) is 35.0. The van der Waals surface area contributed by atoms with Crippen LogP contribution < -0.4 is 63.1 Å². The van der Waals surface area contributed by atoms with Crippen LogP contribution in [0.4, 0.5) is 22.7 Å². The number of rotatable bonds is 32. The van der Waals surface area contributed by atoms with E-state index in [2.05, 4.69) is 64.9 Å². The summed E-state index contributed by atoms with van der Waals surface area (Å²) in [4.78, 5) is 115. The molecule has 0 unspecified atom stereocenters. The number of methoxy groups -OCH3 is 1. The molecule has 12 aromatic rings. The van der Waals surface area contributed by atoms with Crippen LogP contribution in [-0.2, 0) is 50.9 Å². The Kier molecular flexibility index (Phi) is 32.9. The number of nitrogens with one attached hydrogen (secondary N) is 4. The molecule has 0 saturated carbocycles. The maximum Gasteiger partial charge on any atom is 0.255 e. The number of nitrogens with zero attached hydrogens (tertiary/aromatic N) is 6. The highest BCUT2D eigenvalue weighted by Gasteiger charge is 2.15. The van der Waals surface area contributed by atoms with Crippen LogP contribution in [-0.4, -0.2) is 111 Å². The van der Waals surface area contributed by atoms with Crippen LogP contribution in [0.1, 0.15) is 141 Å². The van der Waals surface area contributed by atoms with Crippen LogP contribution in [0.5, 0.6) is 23.0 Å². The monoisotopic (exact) mass is 1590 g/mol. The van der Waals surface area contributed by atoms with Crippen LogP contribution >= 0.6 is 0 Å². The first-order chi connectivity index (χ1) is 56.9. The lowest BCUT2D eigenvalue weighted by atomic mass is 10.1. The number of hydrogen-bond acceptors (Lipinski definition) is 19. The highest BCUT2D eigenvalue weighted by Crippen LogP contribution is 2.24. The number of nitrogens with two attached hydrogens (primary N) is 4. The van der Waals surface area contributed by atoms with Crippen LogP contribution in [0.25, 0.3) is 0 Å². The second-order valence-corrected chi connectivity index (χ2v) is 27.0. The van der Waals surface area contributed by atoms with E-state index in [0.717, 1.165) is 65.1 Å². The molecule has 604 valence electrons. The van der Waals surface area contributed by atoms with E-state index in [9.17, 15) is 38.4 Å². The van der Waals surface area contributed by atoms with Crippen molar-refractivity contribution in [1.82, 2.24) is 29.7 Å². The van der Waals surface area contributed by atoms with Crippen molar-refractivity contribution < 1.29 is 62.0 Å². The minimum absolute atomic E-state index is 0.171. The molecule has 0 aliphatic rings. The molecule has 27 heteroatoms. The average molecular weight is 1590 g/mol. The number of pyridine rings is 4. The second-order valence-electron chi connectivity index (χ2n) is 27.0. The van der Waals surface area contributed by atoms with Gasteiger partial charge in [0.25, 0.3) is 23.6 Å². The number of carbonyl (C=O) groups is 8. The third-order valence-corrected chi connectivity index (χ3v) is 17.4. The number of anilines is 4. The molecule has 4 heterocycles. The van der Waals surface area contributed by atoms with E-state index in [4.69, 9.17) is 46.6 Å². The third kappa shape index (κ3) is 28.7. The molecular formula is C91H92N14O13. The summed E-state index contributed by atoms with van der Waals surface area (Å²) in [5.74, 6) is -1.21. The first-order valence-electron chi connectivity index (χ1n) is 37.3. The van der Waals surface area contributed by atoms with Gasteiger partial charge in [0.15, 0.2) is 0 Å². The van der Waals surface area contributed by atoms with Gasteiger partial charge in [0.1, 0.15) is 49.4 Å². The molecule has 0 atom stereocenters. The second kappa shape index (κ2) is 44.6. The van der Waals surface area contributed by atoms with Crippen molar-refractivity contribution in [2.45, 2.75) is 66.9 Å². The zero-order valence-corrected chi connectivity index (χ0v) is 66.1. The summed E-state index contributed by atoms with van der Waals surface area (Å²) in [5, 5.41) is 11.6. The van der Waals surface area contributed by atoms with E-state index in [0.29, 0.717) is 74.6 Å². The van der Waals surface area contributed by atoms with E-state index in [1.165, 1.54) is 61.2 Å². The quantitative estimate of drug-likeness (QED) is 0.0194. The van der Waals surface area contributed by atoms with E-state index in [-0.39, 0.29) is 72.3 Å². The molecule has 8 amide bonds. The largest absolute Gasteiger partial charge is 0.487 e. The number of aryl methyl sites for hydroxylation is 1. The molecule has 0 fully saturated rings. The lowest BCUT2D eigenvalue weighted by Gasteiger charge is -2.18. The number of hydrogen-bond donors (Lipinski definition) is 8. The Bertz CT molecular complexity index is 5400. The summed E-state index contributed by atoms with van der Waals surface area (Å²) >= 11 is 0. The predicted octanol–water partition coefficient (Wildman–Crippen LogP) is 13.4. The van der Waals surface area contributed by atoms with E-state index in [1.807, 2.05) is 185 Å². The van der Waals surface area contributed by atoms with Crippen LogP contribution in [0.15, 0.2) is 268 Å². The molecule has 4 aromatic heterocycles. The Labute approximate surface area is 683 Å². The normalized spacial score (nSPS) is 10.5. The number of carbonyl (C=O) groups excluding carboxylic acids is 8. The molecule has 0 aliphatic carbocycles. The number of amides is 8. The van der Waals surface area contributed by atoms with Crippen molar-refractivity contribution in [1.29, 1.82) is 0 Å². The first kappa shape index (κ1) is 87.2. The van der Waals surface area contributed by atoms with Gasteiger partial charge in [-0.3, -0.25) is 63.2 Å². The van der Waals surface area contributed by atoms with Crippen molar-refractivity contribution in [3.63, 3.8) is 0 Å². The molecule has 12 rings (SSSR count). The molecule has 0 spiro atoms. The molecule has 0 radical (unpaired) electrons. The topological polar surface area (TPSA) is 393 Å². The van der Waals surface area contributed by atoms with Crippen LogP contribution in [0.2, 0.25) is 0 Å². The Morgan fingerprint density at radius 1 is 0.314 bits per heavy atom. The summed E-state index contributed by atoms with van der Waals surface area (Å²) < 4.78 is 27.8. The van der Waals surface area contributed by atoms with Gasteiger partial charge < -0.3 is 72.8 Å². The molecule has 0 aliphatic heterocycles. The molecular weight excluding hydrogens is 1500 g/mol. The fourth-order valence-electron chi connectivity index (χ4n) is 11.2. The van der Waals surface area contributed by atoms with Gasteiger partial charge in [-0.25, -0.2) is 0 Å². The summed E-state index contributed by atoms with van der Waals surface area (Å²) in [6, 6.07) is 65.5. The van der Waals surface area contributed by atoms with Crippen LogP contribution in [0.3, 0.4) is 0 Å². The Morgan fingerprint density at radius 3 is 0.831 bits per heavy atom. The Morgan fingerprint density at radius 2 is 0.576 bits per heavy atom. The van der Waals surface area contributed by atoms with E-state index >= 15 is 0 Å². The summed E-state index contributed by atoms with van der Waals surface area (Å²) in [6.45, 7) is 11.5. The standard InChI is InChI=1S/C25H28N4O3.C23H24N4O3.C22H21N3O4.C21H19N3O3/c1-3-29(4-2)16-18-8-10-20(11-9-18)25(31)28-22-7-5-6-19(12-22)17-32-23-13-21(24(26)30)14-27-15-23;1-27(2)14-16-6-8-18(9-7-16)23(29)26-20-5-3-4-17(10-20)15-30-21-11-19(22(24)28)12-25-13-21;1-28-13-15-5-7-17(8-6-15)22(27)25-19-4-2-3-16(9-19)14-29-20-10-18(21(23)26)11-24-12-20;1-14-5-7-16(8-6-14)21(26)24-18-4-2-3-15(9-18)13-27-19-10-17(20(22)25)11-23-12-19/h5-15H,3-4,16-17H2,1-2H3,(H2,26,30)(H,28,31);3-13H,14-15H2,1-2H3,(H2,24,28)(H,26,29);2-12H,13-14H2,1H3,(H2,23,26)(H,25,27);2-12H,13H2,1H3,(H2,22,25)(H,24,26). The van der Waals surface area contributed by atoms with Gasteiger partial charge in [0.2, 0.25) is 23.6 Å². The van der Waals surface area contributed by atoms with Crippen molar-refractivity contribution in [2.75, 3.05) is 55.6 Å². The lowest BCUT2D eigenvalue weighted by Crippen LogP contribution is -2.22. The van der Waals surface area contributed by atoms with Gasteiger partial charge in [-0.2, -0.15) is 0 Å². The van der Waals surface area contributed by atoms with E-state index in [1.54, 1.807) is 55.6 Å². The molecule has 12 N–H and O–H groups in total. The van der Waals surface area contributed by atoms with Crippen molar-refractivity contribution in [3.05, 3.63) is 357 Å². The predicted molar refractivity (Wildman–Crippen MR) is 451 cm³/mol. The summed E-state index contributed by atoms with van der Waals surface area (Å²) in [6.07, 6.45) is 11.6. The van der Waals surface area contributed by atoms with Crippen LogP contribution in [0, 0.1) is 6.92 Å². The van der Waals surface area contributed by atoms with E-state index < -0.39 is 23.6 Å². The van der Waals surface area contributed by atoms with Gasteiger partial charge >= 0.3 is 0 Å². The fourth-order valence-corrected chi connectivity index (χ4v) is 11.2. The highest BCUT2D eigenvalue weighted by molar-refractivity contribution is 6.06. The first-order valence-corrected chi connectivity index (χ1v) is 37.3. The lowest BCUT2D eigenvalue weighted by molar-refractivity contribution is 0.0991. The molecule has 27 nitrogen and oxygen atoms in total. The Balaban J connectivity index is 0.000000180. The molecule has 118 heavy (non-hydrogen) atoms. The minimum atomic E-state index is -0.567. The maximum atomic E-state index is 12.6. The summed E-state index contributed by atoms with van der Waals surface area (Å²) in [7, 11) is 5.63. The maximum absolute atomic E-state index is 12.6. The molecule has 8 aromatic carbocycles. The van der Waals surface area contributed by atoms with Gasteiger partial charge in [0, 0.05) is 90.0 Å². The smallest absolute Gasteiger partial charge is 0.255 e. The van der Waals surface area contributed by atoms with Gasteiger partial charge in [-0.05, 0) is 194 Å². The van der Waals surface area contributed by atoms with Crippen molar-refractivity contribution in [2.24, 2.45) is 22.9 Å². The van der Waals surface area contributed by atoms with Crippen molar-refractivity contribution >= 4 is 70.0 Å². The van der Waals surface area contributed by atoms with Gasteiger partial charge in [0.05, 0.1) is 53.6 Å². The minimum Gasteiger partial charge on any atom is -0.487 e. The Hall–Kier alpha value is -14.8. The zero-order chi connectivity index (χ0) is 84.3. The number of benzene rings is 8. The average Bonchev–Trinajstić information content (AvgIpc) is 0.825. The number of ether oxygens (including phenoxy) is 5. The zero-order valence-electron chi connectivity index (χ0n) is 66.1. The molecule has 0 saturated heterocycles. The van der Waals surface area contributed by atoms with Gasteiger partial charge in [-0.15, -0.1) is 0 Å². The number of aromatic nitrogens is 4. The third-order valence-electron chi connectivity index (χ3n) is 17.4. The number of primary amides is 4. The van der Waals surface area contributed by atoms with Crippen molar-refractivity contribution in [3.8, 4) is 23.0 Å². The molecule has 0 bridgehead atoms. The SMILES string of the molecule is CCN(CC)Cc1ccc(C(=O)Nc2cccc(COc3cncc(C(N)=O)c3)c2)cc1.CN(C)Cc1ccc(C(=O)Nc2cccc(COc3cncc(C(N)=O)c3)c2)cc1.COCc1ccc(C(=O)Nc2cccc(COc3cncc(C(N)=O)c3)c2)cc1.Cc1ccc(C(=O)Nc2cccc(COc3cncc(C(N)=O)c3)c2)cc1. The fraction of sp³-hybridized carbons (Fsp3) is 0.165. The van der Waals surface area contributed by atoms with Gasteiger partial charge in [-0.1, -0.05) is 116 Å².